The maximum absolute atomic E-state index is 13.2. The zero-order chi connectivity index (χ0) is 18.4. The van der Waals surface area contributed by atoms with Crippen LogP contribution in [0.25, 0.3) is 0 Å². The summed E-state index contributed by atoms with van der Waals surface area (Å²) in [5.41, 5.74) is 0.769. The van der Waals surface area contributed by atoms with Crippen LogP contribution in [0, 0.1) is 11.7 Å². The number of hydrogen-bond acceptors (Lipinski definition) is 4. The topological polar surface area (TPSA) is 55.4 Å². The SMILES string of the molecule is O=C(COC(=O)[C@@H]1CC=CCC1)N[C@@H](c1ccc(F)cc1)c1cccs1. The van der Waals surface area contributed by atoms with E-state index in [2.05, 4.69) is 5.32 Å². The second kappa shape index (κ2) is 8.76. The molecule has 6 heteroatoms. The monoisotopic (exact) mass is 373 g/mol. The summed E-state index contributed by atoms with van der Waals surface area (Å²) in [4.78, 5) is 25.3. The second-order valence-electron chi connectivity index (χ2n) is 6.16. The van der Waals surface area contributed by atoms with E-state index in [1.165, 1.54) is 23.5 Å². The summed E-state index contributed by atoms with van der Waals surface area (Å²) >= 11 is 1.50. The first kappa shape index (κ1) is 18.3. The lowest BCUT2D eigenvalue weighted by Gasteiger charge is -2.19. The van der Waals surface area contributed by atoms with E-state index in [1.54, 1.807) is 12.1 Å². The molecule has 0 bridgehead atoms. The highest BCUT2D eigenvalue weighted by molar-refractivity contribution is 7.10. The summed E-state index contributed by atoms with van der Waals surface area (Å²) in [7, 11) is 0. The van der Waals surface area contributed by atoms with Crippen molar-refractivity contribution in [3.63, 3.8) is 0 Å². The number of allylic oxidation sites excluding steroid dienone is 2. The molecule has 0 saturated heterocycles. The summed E-state index contributed by atoms with van der Waals surface area (Å²) in [6.45, 7) is -0.317. The molecular weight excluding hydrogens is 353 g/mol. The quantitative estimate of drug-likeness (QED) is 0.615. The van der Waals surface area contributed by atoms with Crippen molar-refractivity contribution < 1.29 is 18.7 Å². The van der Waals surface area contributed by atoms with E-state index in [0.29, 0.717) is 6.42 Å². The Hall–Kier alpha value is -2.47. The number of esters is 1. The molecule has 2 atom stereocenters. The number of rotatable bonds is 6. The van der Waals surface area contributed by atoms with Gasteiger partial charge < -0.3 is 10.1 Å². The molecule has 0 saturated carbocycles. The van der Waals surface area contributed by atoms with E-state index in [0.717, 1.165) is 23.3 Å². The predicted molar refractivity (Wildman–Crippen MR) is 98.1 cm³/mol. The molecule has 0 aliphatic heterocycles. The number of amides is 1. The van der Waals surface area contributed by atoms with Crippen LogP contribution in [-0.4, -0.2) is 18.5 Å². The molecule has 26 heavy (non-hydrogen) atoms. The van der Waals surface area contributed by atoms with Gasteiger partial charge in [-0.1, -0.05) is 30.4 Å². The highest BCUT2D eigenvalue weighted by atomic mass is 32.1. The summed E-state index contributed by atoms with van der Waals surface area (Å²) in [5, 5.41) is 4.78. The molecule has 1 aromatic heterocycles. The van der Waals surface area contributed by atoms with Crippen molar-refractivity contribution in [2.75, 3.05) is 6.61 Å². The minimum Gasteiger partial charge on any atom is -0.455 e. The van der Waals surface area contributed by atoms with Crippen LogP contribution in [-0.2, 0) is 14.3 Å². The summed E-state index contributed by atoms with van der Waals surface area (Å²) in [6, 6.07) is 9.39. The van der Waals surface area contributed by atoms with Gasteiger partial charge >= 0.3 is 5.97 Å². The maximum Gasteiger partial charge on any atom is 0.309 e. The van der Waals surface area contributed by atoms with Crippen molar-refractivity contribution >= 4 is 23.2 Å². The molecule has 4 nitrogen and oxygen atoms in total. The molecule has 1 N–H and O–H groups in total. The average molecular weight is 373 g/mol. The van der Waals surface area contributed by atoms with Crippen LogP contribution >= 0.6 is 11.3 Å². The first-order chi connectivity index (χ1) is 12.6. The molecule has 0 unspecified atom stereocenters. The van der Waals surface area contributed by atoms with E-state index in [-0.39, 0.29) is 30.2 Å². The molecule has 0 radical (unpaired) electrons. The van der Waals surface area contributed by atoms with Crippen molar-refractivity contribution in [2.45, 2.75) is 25.3 Å². The minimum absolute atomic E-state index is 0.169. The Labute approximate surface area is 155 Å². The molecule has 2 aromatic rings. The third kappa shape index (κ3) is 4.79. The maximum atomic E-state index is 13.2. The average Bonchev–Trinajstić information content (AvgIpc) is 3.20. The van der Waals surface area contributed by atoms with Gasteiger partial charge in [0.1, 0.15) is 5.82 Å². The van der Waals surface area contributed by atoms with Gasteiger partial charge in [-0.15, -0.1) is 11.3 Å². The zero-order valence-corrected chi connectivity index (χ0v) is 15.0. The Kier molecular flexibility index (Phi) is 6.17. The Morgan fingerprint density at radius 3 is 2.69 bits per heavy atom. The van der Waals surface area contributed by atoms with E-state index in [1.807, 2.05) is 29.7 Å². The summed E-state index contributed by atoms with van der Waals surface area (Å²) in [6.07, 6.45) is 6.29. The molecule has 1 aliphatic carbocycles. The third-order valence-corrected chi connectivity index (χ3v) is 5.22. The van der Waals surface area contributed by atoms with Gasteiger partial charge in [-0.05, 0) is 48.4 Å². The number of carbonyl (C=O) groups is 2. The van der Waals surface area contributed by atoms with Crippen LogP contribution in [0.5, 0.6) is 0 Å². The van der Waals surface area contributed by atoms with Gasteiger partial charge in [0.25, 0.3) is 5.91 Å². The lowest BCUT2D eigenvalue weighted by Crippen LogP contribution is -2.33. The van der Waals surface area contributed by atoms with Gasteiger partial charge in [0.2, 0.25) is 0 Å². The molecule has 3 rings (SSSR count). The van der Waals surface area contributed by atoms with Gasteiger partial charge in [0.15, 0.2) is 6.61 Å². The lowest BCUT2D eigenvalue weighted by atomic mass is 9.95. The zero-order valence-electron chi connectivity index (χ0n) is 14.2. The van der Waals surface area contributed by atoms with Crippen LogP contribution in [0.15, 0.2) is 53.9 Å². The van der Waals surface area contributed by atoms with Gasteiger partial charge in [-0.3, -0.25) is 9.59 Å². The molecule has 1 amide bonds. The normalized spacial score (nSPS) is 17.5. The Morgan fingerprint density at radius 2 is 2.04 bits per heavy atom. The van der Waals surface area contributed by atoms with E-state index in [4.69, 9.17) is 4.74 Å². The number of nitrogens with one attached hydrogen (secondary N) is 1. The Morgan fingerprint density at radius 1 is 1.23 bits per heavy atom. The fourth-order valence-electron chi connectivity index (χ4n) is 2.89. The molecular formula is C20H20FNO3S. The number of thiophene rings is 1. The van der Waals surface area contributed by atoms with Gasteiger partial charge in [-0.25, -0.2) is 4.39 Å². The van der Waals surface area contributed by atoms with Crippen molar-refractivity contribution in [3.8, 4) is 0 Å². The van der Waals surface area contributed by atoms with E-state index < -0.39 is 6.04 Å². The fraction of sp³-hybridized carbons (Fsp3) is 0.300. The first-order valence-electron chi connectivity index (χ1n) is 8.53. The highest BCUT2D eigenvalue weighted by Gasteiger charge is 2.22. The smallest absolute Gasteiger partial charge is 0.309 e. The van der Waals surface area contributed by atoms with Crippen LogP contribution in [0.1, 0.15) is 35.7 Å². The predicted octanol–water partition coefficient (Wildman–Crippen LogP) is 3.99. The number of hydrogen-bond donors (Lipinski definition) is 1. The third-order valence-electron chi connectivity index (χ3n) is 4.28. The van der Waals surface area contributed by atoms with Crippen LogP contribution < -0.4 is 5.32 Å². The minimum atomic E-state index is -0.403. The van der Waals surface area contributed by atoms with E-state index >= 15 is 0 Å². The largest absolute Gasteiger partial charge is 0.455 e. The fourth-order valence-corrected chi connectivity index (χ4v) is 3.70. The number of benzene rings is 1. The number of ether oxygens (including phenoxy) is 1. The second-order valence-corrected chi connectivity index (χ2v) is 7.14. The van der Waals surface area contributed by atoms with Crippen LogP contribution in [0.4, 0.5) is 4.39 Å². The standard InChI is InChI=1S/C20H20FNO3S/c21-16-10-8-14(9-11-16)19(17-7-4-12-26-17)22-18(23)13-25-20(24)15-5-2-1-3-6-15/h1-2,4,7-12,15,19H,3,5-6,13H2,(H,22,23)/t15-,19+/m1/s1. The summed E-state index contributed by atoms with van der Waals surface area (Å²) in [5.74, 6) is -1.22. The van der Waals surface area contributed by atoms with Gasteiger partial charge in [0, 0.05) is 4.88 Å². The molecule has 136 valence electrons. The van der Waals surface area contributed by atoms with Crippen molar-refractivity contribution in [1.29, 1.82) is 0 Å². The number of carbonyl (C=O) groups excluding carboxylic acids is 2. The molecule has 1 aliphatic rings. The van der Waals surface area contributed by atoms with Gasteiger partial charge in [0.05, 0.1) is 12.0 Å². The molecule has 1 aromatic carbocycles. The Bertz CT molecular complexity index is 771. The molecule has 0 fully saturated rings. The molecule has 1 heterocycles. The molecule has 0 spiro atoms. The first-order valence-corrected chi connectivity index (χ1v) is 9.41. The van der Waals surface area contributed by atoms with Crippen molar-refractivity contribution in [2.24, 2.45) is 5.92 Å². The number of halogens is 1. The van der Waals surface area contributed by atoms with E-state index in [9.17, 15) is 14.0 Å². The summed E-state index contributed by atoms with van der Waals surface area (Å²) < 4.78 is 18.4. The Balaban J connectivity index is 1.61. The lowest BCUT2D eigenvalue weighted by molar-refractivity contribution is -0.153. The highest BCUT2D eigenvalue weighted by Crippen LogP contribution is 2.26. The van der Waals surface area contributed by atoms with Crippen LogP contribution in [0.3, 0.4) is 0 Å². The van der Waals surface area contributed by atoms with Crippen molar-refractivity contribution in [3.05, 3.63) is 70.2 Å². The van der Waals surface area contributed by atoms with Gasteiger partial charge in [-0.2, -0.15) is 0 Å². The van der Waals surface area contributed by atoms with Crippen molar-refractivity contribution in [1.82, 2.24) is 5.32 Å². The van der Waals surface area contributed by atoms with Crippen LogP contribution in [0.2, 0.25) is 0 Å².